The lowest BCUT2D eigenvalue weighted by Crippen LogP contribution is -2.38. The fraction of sp³-hybridized carbons (Fsp3) is 0.364. The zero-order valence-corrected chi connectivity index (χ0v) is 10.7. The lowest BCUT2D eigenvalue weighted by molar-refractivity contribution is -0.130. The van der Waals surface area contributed by atoms with Crippen LogP contribution in [0.1, 0.15) is 11.1 Å². The van der Waals surface area contributed by atoms with Crippen LogP contribution in [0, 0.1) is 0 Å². The minimum Gasteiger partial charge on any atom is -0.336 e. The van der Waals surface area contributed by atoms with Gasteiger partial charge in [0.15, 0.2) is 4.84 Å². The van der Waals surface area contributed by atoms with Gasteiger partial charge in [-0.2, -0.15) is 0 Å². The molecule has 86 valence electrons. The zero-order valence-electron chi connectivity index (χ0n) is 8.42. The van der Waals surface area contributed by atoms with Crippen molar-refractivity contribution in [3.8, 4) is 0 Å². The molecule has 1 aromatic rings. The standard InChI is InChI=1S/C11H10Cl3NO/c12-9-2-1-7-3-4-15(6-8(7)5-9)11(16)10(13)14/h1-2,5,10H,3-4,6H2. The highest BCUT2D eigenvalue weighted by Crippen LogP contribution is 2.23. The van der Waals surface area contributed by atoms with E-state index in [0.29, 0.717) is 18.1 Å². The molecule has 0 aromatic heterocycles. The Kier molecular flexibility index (Phi) is 3.63. The van der Waals surface area contributed by atoms with Gasteiger partial charge in [0.1, 0.15) is 0 Å². The summed E-state index contributed by atoms with van der Waals surface area (Å²) in [5.41, 5.74) is 2.30. The van der Waals surface area contributed by atoms with Crippen LogP contribution in [-0.2, 0) is 17.8 Å². The number of benzene rings is 1. The Bertz CT molecular complexity index is 420. The first-order valence-electron chi connectivity index (χ1n) is 4.92. The first kappa shape index (κ1) is 12.0. The number of rotatable bonds is 1. The van der Waals surface area contributed by atoms with Crippen LogP contribution in [0.2, 0.25) is 5.02 Å². The summed E-state index contributed by atoms with van der Waals surface area (Å²) < 4.78 is 0. The van der Waals surface area contributed by atoms with Crippen LogP contribution in [0.4, 0.5) is 0 Å². The molecule has 0 radical (unpaired) electrons. The first-order chi connectivity index (χ1) is 7.58. The molecular formula is C11H10Cl3NO. The van der Waals surface area contributed by atoms with E-state index in [1.165, 1.54) is 5.56 Å². The summed E-state index contributed by atoms with van der Waals surface area (Å²) in [5.74, 6) is -0.242. The Morgan fingerprint density at radius 2 is 2.06 bits per heavy atom. The van der Waals surface area contributed by atoms with E-state index in [-0.39, 0.29) is 5.91 Å². The van der Waals surface area contributed by atoms with Gasteiger partial charge in [0.2, 0.25) is 0 Å². The van der Waals surface area contributed by atoms with E-state index in [0.717, 1.165) is 12.0 Å². The van der Waals surface area contributed by atoms with Gasteiger partial charge >= 0.3 is 0 Å². The van der Waals surface area contributed by atoms with Crippen molar-refractivity contribution >= 4 is 40.7 Å². The molecule has 1 aromatic carbocycles. The van der Waals surface area contributed by atoms with Crippen LogP contribution in [-0.4, -0.2) is 22.2 Å². The molecule has 1 aliphatic heterocycles. The Balaban J connectivity index is 2.20. The van der Waals surface area contributed by atoms with Gasteiger partial charge in [-0.1, -0.05) is 40.9 Å². The van der Waals surface area contributed by atoms with E-state index >= 15 is 0 Å². The molecule has 1 aliphatic rings. The number of alkyl halides is 2. The molecule has 0 fully saturated rings. The van der Waals surface area contributed by atoms with Crippen LogP contribution in [0.25, 0.3) is 0 Å². The van der Waals surface area contributed by atoms with E-state index < -0.39 is 4.84 Å². The third-order valence-electron chi connectivity index (χ3n) is 2.68. The van der Waals surface area contributed by atoms with E-state index in [1.54, 1.807) is 4.90 Å². The average molecular weight is 279 g/mol. The number of amides is 1. The van der Waals surface area contributed by atoms with Crippen molar-refractivity contribution in [2.24, 2.45) is 0 Å². The maximum Gasteiger partial charge on any atom is 0.256 e. The second-order valence-corrected chi connectivity index (χ2v) is 5.26. The van der Waals surface area contributed by atoms with E-state index in [2.05, 4.69) is 0 Å². The molecule has 2 nitrogen and oxygen atoms in total. The quantitative estimate of drug-likeness (QED) is 0.723. The summed E-state index contributed by atoms with van der Waals surface area (Å²) in [6, 6.07) is 5.75. The third-order valence-corrected chi connectivity index (χ3v) is 3.29. The van der Waals surface area contributed by atoms with Gasteiger partial charge in [0, 0.05) is 18.1 Å². The summed E-state index contributed by atoms with van der Waals surface area (Å²) in [4.78, 5) is 12.3. The highest BCUT2D eigenvalue weighted by atomic mass is 35.5. The number of nitrogens with zero attached hydrogens (tertiary/aromatic N) is 1. The second-order valence-electron chi connectivity index (χ2n) is 3.72. The van der Waals surface area contributed by atoms with Crippen LogP contribution in [0.5, 0.6) is 0 Å². The largest absolute Gasteiger partial charge is 0.336 e. The molecule has 0 bridgehead atoms. The lowest BCUT2D eigenvalue weighted by atomic mass is 10.00. The molecule has 5 heteroatoms. The minimum absolute atomic E-state index is 0.242. The average Bonchev–Trinajstić information content (AvgIpc) is 2.26. The summed E-state index contributed by atoms with van der Waals surface area (Å²) in [6.07, 6.45) is 0.818. The van der Waals surface area contributed by atoms with Crippen molar-refractivity contribution in [2.45, 2.75) is 17.8 Å². The normalized spacial score (nSPS) is 15.1. The van der Waals surface area contributed by atoms with Crippen molar-refractivity contribution in [1.29, 1.82) is 0 Å². The van der Waals surface area contributed by atoms with Gasteiger partial charge in [-0.3, -0.25) is 4.79 Å². The minimum atomic E-state index is -0.985. The number of halogens is 3. The van der Waals surface area contributed by atoms with Gasteiger partial charge in [-0.15, -0.1) is 0 Å². The molecule has 0 N–H and O–H groups in total. The van der Waals surface area contributed by atoms with Gasteiger partial charge < -0.3 is 4.90 Å². The predicted molar refractivity (Wildman–Crippen MR) is 66.1 cm³/mol. The second kappa shape index (κ2) is 4.82. The molecule has 0 saturated heterocycles. The van der Waals surface area contributed by atoms with Gasteiger partial charge in [-0.25, -0.2) is 0 Å². The number of fused-ring (bicyclic) bond motifs is 1. The fourth-order valence-electron chi connectivity index (χ4n) is 1.85. The highest BCUT2D eigenvalue weighted by Gasteiger charge is 2.24. The van der Waals surface area contributed by atoms with Gasteiger partial charge in [0.05, 0.1) is 0 Å². The molecule has 0 atom stereocenters. The molecule has 0 aliphatic carbocycles. The van der Waals surface area contributed by atoms with Crippen molar-refractivity contribution in [3.63, 3.8) is 0 Å². The van der Waals surface area contributed by atoms with E-state index in [1.807, 2.05) is 18.2 Å². The van der Waals surface area contributed by atoms with Crippen LogP contribution < -0.4 is 0 Å². The Morgan fingerprint density at radius 3 is 2.75 bits per heavy atom. The number of carbonyl (C=O) groups is 1. The van der Waals surface area contributed by atoms with Crippen molar-refractivity contribution in [1.82, 2.24) is 4.90 Å². The van der Waals surface area contributed by atoms with Gasteiger partial charge in [-0.05, 0) is 29.7 Å². The lowest BCUT2D eigenvalue weighted by Gasteiger charge is -2.29. The number of carbonyl (C=O) groups excluding carboxylic acids is 1. The molecule has 1 amide bonds. The summed E-state index contributed by atoms with van der Waals surface area (Å²) in [6.45, 7) is 1.19. The Hall–Kier alpha value is -0.440. The van der Waals surface area contributed by atoms with Crippen LogP contribution in [0.15, 0.2) is 18.2 Å². The SMILES string of the molecule is O=C(C(Cl)Cl)N1CCc2ccc(Cl)cc2C1. The van der Waals surface area contributed by atoms with Gasteiger partial charge in [0.25, 0.3) is 5.91 Å². The third kappa shape index (κ3) is 2.45. The van der Waals surface area contributed by atoms with Crippen LogP contribution >= 0.6 is 34.8 Å². The smallest absolute Gasteiger partial charge is 0.256 e. The molecule has 0 spiro atoms. The first-order valence-corrected chi connectivity index (χ1v) is 6.17. The maximum absolute atomic E-state index is 11.6. The molecule has 16 heavy (non-hydrogen) atoms. The molecule has 0 saturated carbocycles. The fourth-order valence-corrected chi connectivity index (χ4v) is 2.32. The highest BCUT2D eigenvalue weighted by molar-refractivity contribution is 6.53. The monoisotopic (exact) mass is 277 g/mol. The summed E-state index contributed by atoms with van der Waals surface area (Å²) in [7, 11) is 0. The molecule has 2 rings (SSSR count). The Labute approximate surface area is 109 Å². The number of hydrogen-bond donors (Lipinski definition) is 0. The van der Waals surface area contributed by atoms with Crippen molar-refractivity contribution in [2.75, 3.05) is 6.54 Å². The Morgan fingerprint density at radius 1 is 1.31 bits per heavy atom. The summed E-state index contributed by atoms with van der Waals surface area (Å²) in [5, 5.41) is 0.682. The topological polar surface area (TPSA) is 20.3 Å². The summed E-state index contributed by atoms with van der Waals surface area (Å²) >= 11 is 17.0. The molecule has 0 unspecified atom stereocenters. The van der Waals surface area contributed by atoms with Crippen LogP contribution in [0.3, 0.4) is 0 Å². The zero-order chi connectivity index (χ0) is 11.7. The van der Waals surface area contributed by atoms with Crippen molar-refractivity contribution in [3.05, 3.63) is 34.3 Å². The maximum atomic E-state index is 11.6. The van der Waals surface area contributed by atoms with E-state index in [4.69, 9.17) is 34.8 Å². The van der Waals surface area contributed by atoms with Crippen molar-refractivity contribution < 1.29 is 4.79 Å². The molecule has 1 heterocycles. The predicted octanol–water partition coefficient (Wildman–Crippen LogP) is 3.03. The number of hydrogen-bond acceptors (Lipinski definition) is 1. The van der Waals surface area contributed by atoms with E-state index in [9.17, 15) is 4.79 Å². The molecular weight excluding hydrogens is 268 g/mol.